The topological polar surface area (TPSA) is 123 Å². The van der Waals surface area contributed by atoms with E-state index >= 15 is 0 Å². The van der Waals surface area contributed by atoms with Gasteiger partial charge in [0.1, 0.15) is 5.75 Å². The third kappa shape index (κ3) is 5.32. The van der Waals surface area contributed by atoms with Gasteiger partial charge in [-0.1, -0.05) is 43.3 Å². The molecule has 1 aromatic heterocycles. The van der Waals surface area contributed by atoms with Crippen LogP contribution in [0.1, 0.15) is 48.3 Å². The SMILES string of the molecule is CCNC(=O)c1noc(-c2cc(C(C)C)c(O)cc2ON)c1-c1ccc(CN2CCOCC2)cc1. The fourth-order valence-electron chi connectivity index (χ4n) is 4.26. The summed E-state index contributed by atoms with van der Waals surface area (Å²) in [6.45, 7) is 10.3. The van der Waals surface area contributed by atoms with E-state index in [4.69, 9.17) is 20.0 Å². The van der Waals surface area contributed by atoms with E-state index in [1.54, 1.807) is 6.07 Å². The summed E-state index contributed by atoms with van der Waals surface area (Å²) in [7, 11) is 0. The number of amides is 1. The van der Waals surface area contributed by atoms with Crippen LogP contribution >= 0.6 is 0 Å². The highest BCUT2D eigenvalue weighted by atomic mass is 16.6. The van der Waals surface area contributed by atoms with Crippen LogP contribution in [0.2, 0.25) is 0 Å². The van der Waals surface area contributed by atoms with Crippen molar-refractivity contribution in [2.45, 2.75) is 33.2 Å². The number of hydrogen-bond donors (Lipinski definition) is 3. The van der Waals surface area contributed by atoms with E-state index in [-0.39, 0.29) is 29.0 Å². The molecule has 1 amide bonds. The zero-order valence-corrected chi connectivity index (χ0v) is 20.3. The van der Waals surface area contributed by atoms with Crippen LogP contribution in [-0.2, 0) is 11.3 Å². The third-order valence-corrected chi connectivity index (χ3v) is 6.12. The highest BCUT2D eigenvalue weighted by molar-refractivity contribution is 6.02. The van der Waals surface area contributed by atoms with Gasteiger partial charge in [0, 0.05) is 32.2 Å². The first-order chi connectivity index (χ1) is 16.9. The van der Waals surface area contributed by atoms with Crippen LogP contribution in [0.4, 0.5) is 0 Å². The Bertz CT molecular complexity index is 1170. The van der Waals surface area contributed by atoms with Crippen LogP contribution in [0, 0.1) is 0 Å². The van der Waals surface area contributed by atoms with Crippen molar-refractivity contribution in [1.29, 1.82) is 0 Å². The van der Waals surface area contributed by atoms with E-state index in [9.17, 15) is 9.90 Å². The maximum Gasteiger partial charge on any atom is 0.274 e. The van der Waals surface area contributed by atoms with Crippen molar-refractivity contribution in [2.75, 3.05) is 32.8 Å². The maximum absolute atomic E-state index is 12.8. The lowest BCUT2D eigenvalue weighted by molar-refractivity contribution is 0.0342. The van der Waals surface area contributed by atoms with Gasteiger partial charge < -0.3 is 24.5 Å². The molecular formula is C26H32N4O5. The lowest BCUT2D eigenvalue weighted by Crippen LogP contribution is -2.35. The van der Waals surface area contributed by atoms with Crippen LogP contribution in [-0.4, -0.2) is 53.9 Å². The number of nitrogens with one attached hydrogen (secondary N) is 1. The van der Waals surface area contributed by atoms with E-state index in [0.717, 1.165) is 44.0 Å². The second kappa shape index (κ2) is 10.9. The molecule has 3 aromatic rings. The molecular weight excluding hydrogens is 448 g/mol. The van der Waals surface area contributed by atoms with Crippen molar-refractivity contribution in [3.63, 3.8) is 0 Å². The van der Waals surface area contributed by atoms with Gasteiger partial charge in [0.15, 0.2) is 17.2 Å². The molecule has 4 N–H and O–H groups in total. The molecule has 1 aliphatic heterocycles. The average molecular weight is 481 g/mol. The fourth-order valence-corrected chi connectivity index (χ4v) is 4.26. The first-order valence-corrected chi connectivity index (χ1v) is 11.8. The van der Waals surface area contributed by atoms with Gasteiger partial charge in [-0.25, -0.2) is 0 Å². The first-order valence-electron chi connectivity index (χ1n) is 11.8. The summed E-state index contributed by atoms with van der Waals surface area (Å²) in [4.78, 5) is 20.3. The second-order valence-corrected chi connectivity index (χ2v) is 8.86. The van der Waals surface area contributed by atoms with Crippen molar-refractivity contribution >= 4 is 5.91 Å². The third-order valence-electron chi connectivity index (χ3n) is 6.12. The summed E-state index contributed by atoms with van der Waals surface area (Å²) in [5.41, 5.74) is 3.84. The molecule has 0 saturated carbocycles. The number of rotatable bonds is 8. The molecule has 0 aliphatic carbocycles. The van der Waals surface area contributed by atoms with E-state index in [2.05, 4.69) is 15.4 Å². The molecule has 1 saturated heterocycles. The van der Waals surface area contributed by atoms with Gasteiger partial charge in [0.05, 0.1) is 24.3 Å². The molecule has 1 aliphatic rings. The summed E-state index contributed by atoms with van der Waals surface area (Å²) < 4.78 is 11.2. The lowest BCUT2D eigenvalue weighted by atomic mass is 9.94. The Labute approximate surface area is 204 Å². The number of morpholine rings is 1. The number of phenols is 1. The summed E-state index contributed by atoms with van der Waals surface area (Å²) in [5, 5.41) is 17.3. The van der Waals surface area contributed by atoms with Crippen molar-refractivity contribution < 1.29 is 24.0 Å². The van der Waals surface area contributed by atoms with E-state index < -0.39 is 0 Å². The summed E-state index contributed by atoms with van der Waals surface area (Å²) in [5.74, 6) is 5.86. The predicted octanol–water partition coefficient (Wildman–Crippen LogP) is 3.67. The number of aromatic hydroxyl groups is 1. The molecule has 4 rings (SSSR count). The zero-order valence-electron chi connectivity index (χ0n) is 20.3. The monoisotopic (exact) mass is 480 g/mol. The Kier molecular flexibility index (Phi) is 7.70. The number of benzene rings is 2. The molecule has 2 aromatic carbocycles. The van der Waals surface area contributed by atoms with Gasteiger partial charge in [-0.2, -0.15) is 5.90 Å². The van der Waals surface area contributed by atoms with Crippen LogP contribution < -0.4 is 16.1 Å². The molecule has 0 atom stereocenters. The minimum Gasteiger partial charge on any atom is -0.508 e. The molecule has 1 fully saturated rings. The number of aromatic nitrogens is 1. The quantitative estimate of drug-likeness (QED) is 0.417. The second-order valence-electron chi connectivity index (χ2n) is 8.86. The molecule has 35 heavy (non-hydrogen) atoms. The lowest BCUT2D eigenvalue weighted by Gasteiger charge is -2.26. The Balaban J connectivity index is 1.79. The minimum absolute atomic E-state index is 0.0364. The standard InChI is InChI=1S/C26H32N4O5/c1-4-28-26(32)24-23(18-7-5-17(6-8-18)15-30-9-11-33-12-10-30)25(35-29-24)20-13-19(16(2)3)21(31)14-22(20)34-27/h5-8,13-14,16,31H,4,9-12,15,27H2,1-3H3,(H,28,32). The molecule has 0 unspecified atom stereocenters. The largest absolute Gasteiger partial charge is 0.508 e. The molecule has 2 heterocycles. The molecule has 0 radical (unpaired) electrons. The summed E-state index contributed by atoms with van der Waals surface area (Å²) in [6, 6.07) is 11.2. The Morgan fingerprint density at radius 1 is 1.23 bits per heavy atom. The van der Waals surface area contributed by atoms with Gasteiger partial charge >= 0.3 is 0 Å². The smallest absolute Gasteiger partial charge is 0.274 e. The first kappa shape index (κ1) is 24.7. The number of carbonyl (C=O) groups is 1. The normalized spacial score (nSPS) is 14.3. The van der Waals surface area contributed by atoms with Crippen LogP contribution in [0.15, 0.2) is 40.9 Å². The van der Waals surface area contributed by atoms with Gasteiger partial charge in [0.2, 0.25) is 0 Å². The van der Waals surface area contributed by atoms with Crippen LogP contribution in [0.25, 0.3) is 22.5 Å². The number of phenolic OH excluding ortho intramolecular Hbond substituents is 1. The number of carbonyl (C=O) groups excluding carboxylic acids is 1. The Morgan fingerprint density at radius 3 is 2.57 bits per heavy atom. The molecule has 9 nitrogen and oxygen atoms in total. The van der Waals surface area contributed by atoms with Gasteiger partial charge in [-0.15, -0.1) is 0 Å². The molecule has 0 spiro atoms. The highest BCUT2D eigenvalue weighted by Gasteiger charge is 2.27. The minimum atomic E-state index is -0.340. The predicted molar refractivity (Wildman–Crippen MR) is 132 cm³/mol. The Morgan fingerprint density at radius 2 is 1.94 bits per heavy atom. The number of ether oxygens (including phenoxy) is 1. The van der Waals surface area contributed by atoms with Crippen LogP contribution in [0.5, 0.6) is 11.5 Å². The van der Waals surface area contributed by atoms with Gasteiger partial charge in [-0.05, 0) is 35.6 Å². The maximum atomic E-state index is 12.8. The van der Waals surface area contributed by atoms with Crippen molar-refractivity contribution in [3.8, 4) is 33.9 Å². The molecule has 0 bridgehead atoms. The van der Waals surface area contributed by atoms with Gasteiger partial charge in [0.25, 0.3) is 5.91 Å². The zero-order chi connectivity index (χ0) is 24.9. The fraction of sp³-hybridized carbons (Fsp3) is 0.385. The van der Waals surface area contributed by atoms with Crippen molar-refractivity contribution in [2.24, 2.45) is 5.90 Å². The molecule has 9 heteroatoms. The van der Waals surface area contributed by atoms with Crippen LogP contribution in [0.3, 0.4) is 0 Å². The summed E-state index contributed by atoms with van der Waals surface area (Å²) >= 11 is 0. The van der Waals surface area contributed by atoms with E-state index in [1.807, 2.05) is 45.0 Å². The van der Waals surface area contributed by atoms with E-state index in [0.29, 0.717) is 29.0 Å². The number of nitrogens with two attached hydrogens (primary N) is 1. The highest BCUT2D eigenvalue weighted by Crippen LogP contribution is 2.43. The number of hydrogen-bond acceptors (Lipinski definition) is 8. The summed E-state index contributed by atoms with van der Waals surface area (Å²) in [6.07, 6.45) is 0. The van der Waals surface area contributed by atoms with Gasteiger partial charge in [-0.3, -0.25) is 9.69 Å². The van der Waals surface area contributed by atoms with Crippen molar-refractivity contribution in [1.82, 2.24) is 15.4 Å². The molecule has 186 valence electrons. The Hall–Kier alpha value is -3.40. The van der Waals surface area contributed by atoms with E-state index in [1.165, 1.54) is 6.07 Å². The number of nitrogens with zero attached hydrogens (tertiary/aromatic N) is 2. The van der Waals surface area contributed by atoms with Crippen molar-refractivity contribution in [3.05, 3.63) is 53.2 Å². The average Bonchev–Trinajstić information content (AvgIpc) is 3.30.